The van der Waals surface area contributed by atoms with Crippen LogP contribution in [0.2, 0.25) is 0 Å². The molecule has 2 atom stereocenters. The molecule has 0 saturated carbocycles. The van der Waals surface area contributed by atoms with Crippen LogP contribution in [0.3, 0.4) is 0 Å². The molecular weight excluding hydrogens is 986 g/mol. The van der Waals surface area contributed by atoms with E-state index in [2.05, 4.69) is 27.7 Å². The molecule has 75 heavy (non-hydrogen) atoms. The quantitative estimate of drug-likeness (QED) is 0.0334. The Hall–Kier alpha value is -1.50. The number of hydrogen-bond acceptors (Lipinski definition) is 8. The molecule has 0 heterocycles. The van der Waals surface area contributed by atoms with Gasteiger partial charge in [0.2, 0.25) is 0 Å². The van der Waals surface area contributed by atoms with Gasteiger partial charge in [-0.2, -0.15) is 0 Å². The summed E-state index contributed by atoms with van der Waals surface area (Å²) >= 11 is 0. The minimum Gasteiger partial charge on any atom is -0.550 e. The maximum Gasteiger partial charge on any atom is 2.00 e. The molecule has 0 amide bonds. The van der Waals surface area contributed by atoms with E-state index in [1.54, 1.807) is 0 Å². The summed E-state index contributed by atoms with van der Waals surface area (Å²) in [5.74, 6) is -1.87. The first-order valence-electron chi connectivity index (χ1n) is 33.0. The molecule has 0 aromatic heterocycles. The van der Waals surface area contributed by atoms with Gasteiger partial charge in [0.15, 0.2) is 0 Å². The fraction of sp³-hybridized carbons (Fsp3) is 0.939. The first-order valence-corrected chi connectivity index (χ1v) is 33.0. The number of unbranched alkanes of at least 4 members (excludes halogenated alkanes) is 42. The van der Waals surface area contributed by atoms with Gasteiger partial charge in [-0.05, 0) is 89.9 Å². The first-order chi connectivity index (χ1) is 36.2. The van der Waals surface area contributed by atoms with E-state index in [0.717, 1.165) is 141 Å². The molecule has 9 heteroatoms. The SMILES string of the molecule is CCCCCCCCCCCCCCC(=O)OC(CCCCCCCC)CCCCCCCCC(=O)[O-].CCCCCCCCCCCCCCC(=O)OC(CCCCCCCC)CCCCCCCCC(=O)[O-].[Zn+2]. The summed E-state index contributed by atoms with van der Waals surface area (Å²) in [7, 11) is 0. The predicted octanol–water partition coefficient (Wildman–Crippen LogP) is 19.2. The average Bonchev–Trinajstić information content (AvgIpc) is 3.38. The average molecular weight is 1110 g/mol. The van der Waals surface area contributed by atoms with Crippen molar-refractivity contribution in [3.63, 3.8) is 0 Å². The summed E-state index contributed by atoms with van der Waals surface area (Å²) in [5, 5.41) is 21.0. The molecule has 0 fully saturated rings. The minimum absolute atomic E-state index is 0. The maximum absolute atomic E-state index is 12.5. The predicted molar refractivity (Wildman–Crippen MR) is 311 cm³/mol. The van der Waals surface area contributed by atoms with Crippen molar-refractivity contribution in [3.05, 3.63) is 0 Å². The van der Waals surface area contributed by atoms with E-state index in [1.807, 2.05) is 0 Å². The van der Waals surface area contributed by atoms with E-state index < -0.39 is 11.9 Å². The molecule has 0 rings (SSSR count). The maximum atomic E-state index is 12.5. The van der Waals surface area contributed by atoms with Gasteiger partial charge in [0.25, 0.3) is 0 Å². The Morgan fingerprint density at radius 3 is 0.600 bits per heavy atom. The summed E-state index contributed by atoms with van der Waals surface area (Å²) in [5.41, 5.74) is 0. The number of carbonyl (C=O) groups excluding carboxylic acids is 4. The van der Waals surface area contributed by atoms with Gasteiger partial charge in [-0.3, -0.25) is 9.59 Å². The summed E-state index contributed by atoms with van der Waals surface area (Å²) in [4.78, 5) is 46.0. The number of aliphatic carboxylic acids is 2. The molecular formula is C66H126O8Zn. The first kappa shape index (κ1) is 77.7. The third-order valence-electron chi connectivity index (χ3n) is 15.1. The van der Waals surface area contributed by atoms with Crippen LogP contribution in [0, 0.1) is 0 Å². The van der Waals surface area contributed by atoms with E-state index in [9.17, 15) is 29.4 Å². The van der Waals surface area contributed by atoms with Crippen LogP contribution in [0.4, 0.5) is 0 Å². The van der Waals surface area contributed by atoms with Gasteiger partial charge >= 0.3 is 31.4 Å². The zero-order chi connectivity index (χ0) is 54.5. The van der Waals surface area contributed by atoms with Gasteiger partial charge in [-0.15, -0.1) is 0 Å². The van der Waals surface area contributed by atoms with Crippen LogP contribution in [-0.2, 0) is 48.1 Å². The molecule has 0 N–H and O–H groups in total. The molecule has 0 aliphatic carbocycles. The molecule has 0 aliphatic rings. The zero-order valence-corrected chi connectivity index (χ0v) is 53.7. The Morgan fingerprint density at radius 1 is 0.253 bits per heavy atom. The van der Waals surface area contributed by atoms with E-state index in [0.29, 0.717) is 12.8 Å². The van der Waals surface area contributed by atoms with Crippen molar-refractivity contribution in [2.45, 2.75) is 399 Å². The van der Waals surface area contributed by atoms with Crippen LogP contribution < -0.4 is 10.2 Å². The number of carbonyl (C=O) groups is 4. The minimum atomic E-state index is -0.942. The Labute approximate surface area is 479 Å². The third kappa shape index (κ3) is 68.6. The molecule has 2 unspecified atom stereocenters. The van der Waals surface area contributed by atoms with Gasteiger partial charge < -0.3 is 29.3 Å². The summed E-state index contributed by atoms with van der Waals surface area (Å²) < 4.78 is 11.9. The van der Waals surface area contributed by atoms with Crippen LogP contribution in [0.5, 0.6) is 0 Å². The zero-order valence-electron chi connectivity index (χ0n) is 50.7. The molecule has 0 aromatic rings. The van der Waals surface area contributed by atoms with Crippen LogP contribution in [-0.4, -0.2) is 36.1 Å². The standard InChI is InChI=1S/2C33H64O4.Zn/c2*1-3-5-7-9-11-12-13-14-15-16-22-26-30-33(36)37-31(27-23-19-10-8-6-4-2)28-24-20-17-18-21-25-29-32(34)35;/h2*31H,3-30H2,1-2H3,(H,34,35);/q;;+2/p-2. The van der Waals surface area contributed by atoms with Crippen LogP contribution in [0.1, 0.15) is 387 Å². The van der Waals surface area contributed by atoms with Crippen LogP contribution >= 0.6 is 0 Å². The van der Waals surface area contributed by atoms with Crippen molar-refractivity contribution in [1.29, 1.82) is 0 Å². The van der Waals surface area contributed by atoms with Crippen LogP contribution in [0.25, 0.3) is 0 Å². The molecule has 440 valence electrons. The van der Waals surface area contributed by atoms with E-state index in [1.165, 1.54) is 193 Å². The van der Waals surface area contributed by atoms with Crippen molar-refractivity contribution in [2.24, 2.45) is 0 Å². The number of hydrogen-bond donors (Lipinski definition) is 0. The topological polar surface area (TPSA) is 133 Å². The monoisotopic (exact) mass is 1110 g/mol. The van der Waals surface area contributed by atoms with Crippen molar-refractivity contribution in [3.8, 4) is 0 Å². The van der Waals surface area contributed by atoms with Crippen molar-refractivity contribution in [1.82, 2.24) is 0 Å². The number of ether oxygens (including phenoxy) is 2. The third-order valence-corrected chi connectivity index (χ3v) is 15.1. The largest absolute Gasteiger partial charge is 2.00 e. The molecule has 0 aliphatic heterocycles. The van der Waals surface area contributed by atoms with Crippen LogP contribution in [0.15, 0.2) is 0 Å². The van der Waals surface area contributed by atoms with Crippen molar-refractivity contribution in [2.75, 3.05) is 0 Å². The molecule has 0 bridgehead atoms. The smallest absolute Gasteiger partial charge is 0.550 e. The summed E-state index contributed by atoms with van der Waals surface area (Å²) in [6.45, 7) is 9.03. The van der Waals surface area contributed by atoms with Gasteiger partial charge in [-0.1, -0.05) is 285 Å². The normalized spacial score (nSPS) is 11.9. The summed E-state index contributed by atoms with van der Waals surface area (Å²) in [6.07, 6.45) is 64.4. The Morgan fingerprint density at radius 2 is 0.413 bits per heavy atom. The van der Waals surface area contributed by atoms with Gasteiger partial charge in [-0.25, -0.2) is 0 Å². The van der Waals surface area contributed by atoms with Gasteiger partial charge in [0.05, 0.1) is 0 Å². The second kappa shape index (κ2) is 66.8. The van der Waals surface area contributed by atoms with Crippen molar-refractivity contribution >= 4 is 23.9 Å². The van der Waals surface area contributed by atoms with E-state index in [4.69, 9.17) is 9.47 Å². The fourth-order valence-electron chi connectivity index (χ4n) is 10.2. The molecule has 0 radical (unpaired) electrons. The van der Waals surface area contributed by atoms with Gasteiger partial charge in [0.1, 0.15) is 12.2 Å². The number of esters is 2. The molecule has 0 spiro atoms. The Bertz CT molecular complexity index is 1080. The molecule has 0 saturated heterocycles. The van der Waals surface area contributed by atoms with E-state index >= 15 is 0 Å². The molecule has 0 aromatic carbocycles. The second-order valence-electron chi connectivity index (χ2n) is 22.7. The number of carboxylic acids is 2. The second-order valence-corrected chi connectivity index (χ2v) is 22.7. The van der Waals surface area contributed by atoms with Gasteiger partial charge in [0, 0.05) is 24.8 Å². The van der Waals surface area contributed by atoms with E-state index in [-0.39, 0.29) is 56.5 Å². The number of carboxylic acid groups (broad SMARTS) is 2. The van der Waals surface area contributed by atoms with Crippen molar-refractivity contribution < 1.29 is 58.3 Å². The fourth-order valence-corrected chi connectivity index (χ4v) is 10.2. The summed E-state index contributed by atoms with van der Waals surface area (Å²) in [6, 6.07) is 0. The molecule has 8 nitrogen and oxygen atoms in total. The Balaban J connectivity index is -0.00000136. The Kier molecular flexibility index (Phi) is 69.2. The number of rotatable bonds is 60.